The highest BCUT2D eigenvalue weighted by Gasteiger charge is 2.19. The van der Waals surface area contributed by atoms with E-state index in [4.69, 9.17) is 9.47 Å². The Hall–Kier alpha value is -3.15. The first-order chi connectivity index (χ1) is 14.0. The number of ether oxygens (including phenoxy) is 2. The minimum Gasteiger partial charge on any atom is -0.482 e. The van der Waals surface area contributed by atoms with Crippen molar-refractivity contribution < 1.29 is 23.9 Å². The van der Waals surface area contributed by atoms with Gasteiger partial charge in [0.25, 0.3) is 5.91 Å². The predicted molar refractivity (Wildman–Crippen MR) is 108 cm³/mol. The molecule has 0 saturated carbocycles. The Labute approximate surface area is 170 Å². The van der Waals surface area contributed by atoms with E-state index in [1.807, 2.05) is 48.5 Å². The Morgan fingerprint density at radius 3 is 2.52 bits per heavy atom. The van der Waals surface area contributed by atoms with Crippen molar-refractivity contribution in [1.82, 2.24) is 5.32 Å². The van der Waals surface area contributed by atoms with E-state index in [0.29, 0.717) is 12.2 Å². The van der Waals surface area contributed by atoms with Crippen molar-refractivity contribution in [2.75, 3.05) is 13.2 Å². The van der Waals surface area contributed by atoms with Gasteiger partial charge in [0.05, 0.1) is 6.04 Å². The van der Waals surface area contributed by atoms with Gasteiger partial charge in [-0.05, 0) is 61.4 Å². The van der Waals surface area contributed by atoms with Crippen molar-refractivity contribution in [3.63, 3.8) is 0 Å². The van der Waals surface area contributed by atoms with E-state index in [1.54, 1.807) is 0 Å². The van der Waals surface area contributed by atoms with Gasteiger partial charge in [0.15, 0.2) is 19.0 Å². The number of rotatable bonds is 9. The van der Waals surface area contributed by atoms with E-state index in [0.717, 1.165) is 24.8 Å². The predicted octanol–water partition coefficient (Wildman–Crippen LogP) is 2.41. The number of Topliss-reactive ketones (excluding diaryl/α,β-unsaturated/α-hetero) is 1. The fourth-order valence-corrected chi connectivity index (χ4v) is 3.35. The molecule has 1 aliphatic carbocycles. The van der Waals surface area contributed by atoms with Gasteiger partial charge in [0, 0.05) is 0 Å². The molecule has 0 bridgehead atoms. The zero-order valence-electron chi connectivity index (χ0n) is 16.5. The maximum atomic E-state index is 12.1. The van der Waals surface area contributed by atoms with Crippen LogP contribution in [0.25, 0.3) is 0 Å². The molecule has 6 nitrogen and oxygen atoms in total. The van der Waals surface area contributed by atoms with Crippen molar-refractivity contribution >= 4 is 17.7 Å². The van der Waals surface area contributed by atoms with Crippen LogP contribution in [-0.4, -0.2) is 36.9 Å². The molecular formula is C23H25NO5. The van der Waals surface area contributed by atoms with Gasteiger partial charge in [-0.1, -0.05) is 36.4 Å². The summed E-state index contributed by atoms with van der Waals surface area (Å²) < 4.78 is 10.4. The summed E-state index contributed by atoms with van der Waals surface area (Å²) in [4.78, 5) is 35.8. The Bertz CT molecular complexity index is 878. The zero-order chi connectivity index (χ0) is 20.6. The minimum absolute atomic E-state index is 0.159. The van der Waals surface area contributed by atoms with Crippen LogP contribution >= 0.6 is 0 Å². The maximum absolute atomic E-state index is 12.1. The highest BCUT2D eigenvalue weighted by molar-refractivity contribution is 5.88. The molecule has 0 spiro atoms. The van der Waals surface area contributed by atoms with Crippen molar-refractivity contribution in [2.45, 2.75) is 38.6 Å². The molecule has 1 aliphatic rings. The lowest BCUT2D eigenvalue weighted by Crippen LogP contribution is -2.43. The Morgan fingerprint density at radius 1 is 1.00 bits per heavy atom. The van der Waals surface area contributed by atoms with Crippen molar-refractivity contribution in [3.05, 3.63) is 65.2 Å². The lowest BCUT2D eigenvalue weighted by Gasteiger charge is -2.16. The average Bonchev–Trinajstić information content (AvgIpc) is 3.19. The number of fused-ring (bicyclic) bond motifs is 1. The quantitative estimate of drug-likeness (QED) is 0.660. The van der Waals surface area contributed by atoms with Gasteiger partial charge in [-0.25, -0.2) is 4.79 Å². The lowest BCUT2D eigenvalue weighted by atomic mass is 10.0. The number of ketones is 1. The molecule has 0 saturated heterocycles. The molecule has 2 aromatic rings. The maximum Gasteiger partial charge on any atom is 0.344 e. The van der Waals surface area contributed by atoms with Crippen LogP contribution in [0, 0.1) is 0 Å². The normalized spacial score (nSPS) is 13.3. The lowest BCUT2D eigenvalue weighted by molar-refractivity contribution is -0.150. The Morgan fingerprint density at radius 2 is 1.76 bits per heavy atom. The van der Waals surface area contributed by atoms with Gasteiger partial charge in [0.1, 0.15) is 5.75 Å². The van der Waals surface area contributed by atoms with E-state index in [-0.39, 0.29) is 12.4 Å². The van der Waals surface area contributed by atoms with Crippen LogP contribution in [-0.2, 0) is 38.4 Å². The number of hydrogen-bond donors (Lipinski definition) is 1. The first kappa shape index (κ1) is 20.6. The molecule has 2 aromatic carbocycles. The number of aryl methyl sites for hydroxylation is 2. The molecule has 0 fully saturated rings. The van der Waals surface area contributed by atoms with Crippen molar-refractivity contribution in [2.24, 2.45) is 0 Å². The third-order valence-electron chi connectivity index (χ3n) is 4.90. The van der Waals surface area contributed by atoms with Crippen LogP contribution in [0.1, 0.15) is 30.0 Å². The highest BCUT2D eigenvalue weighted by atomic mass is 16.6. The monoisotopic (exact) mass is 395 g/mol. The third-order valence-corrected chi connectivity index (χ3v) is 4.90. The molecule has 6 heteroatoms. The first-order valence-electron chi connectivity index (χ1n) is 9.75. The van der Waals surface area contributed by atoms with Crippen LogP contribution in [0.2, 0.25) is 0 Å². The Kier molecular flexibility index (Phi) is 7.00. The average molecular weight is 395 g/mol. The summed E-state index contributed by atoms with van der Waals surface area (Å²) in [5, 5.41) is 2.62. The van der Waals surface area contributed by atoms with Gasteiger partial charge >= 0.3 is 5.97 Å². The number of carbonyl (C=O) groups is 3. The summed E-state index contributed by atoms with van der Waals surface area (Å²) >= 11 is 0. The molecule has 0 aromatic heterocycles. The van der Waals surface area contributed by atoms with E-state index >= 15 is 0 Å². The van der Waals surface area contributed by atoms with Gasteiger partial charge in [-0.2, -0.15) is 0 Å². The van der Waals surface area contributed by atoms with Crippen LogP contribution in [0.4, 0.5) is 0 Å². The molecule has 0 heterocycles. The number of nitrogens with one attached hydrogen (secondary N) is 1. The SMILES string of the molecule is CC(=O)[C@H](Cc1ccccc1)NC(=O)COC(=O)COc1ccc2c(c1)CCC2. The molecule has 0 radical (unpaired) electrons. The number of hydrogen-bond acceptors (Lipinski definition) is 5. The molecule has 152 valence electrons. The standard InChI is InChI=1S/C23H25NO5/c1-16(25)21(12-17-6-3-2-4-7-17)24-22(26)14-29-23(27)15-28-20-11-10-18-8-5-9-19(18)13-20/h2-4,6-7,10-11,13,21H,5,8-9,12,14-15H2,1H3,(H,24,26)/t21-/m0/s1. The van der Waals surface area contributed by atoms with Crippen LogP contribution in [0.5, 0.6) is 5.75 Å². The molecule has 1 atom stereocenters. The Balaban J connectivity index is 1.41. The number of amides is 1. The summed E-state index contributed by atoms with van der Waals surface area (Å²) in [6, 6.07) is 14.5. The summed E-state index contributed by atoms with van der Waals surface area (Å²) in [7, 11) is 0. The van der Waals surface area contributed by atoms with Crippen molar-refractivity contribution in [1.29, 1.82) is 0 Å². The summed E-state index contributed by atoms with van der Waals surface area (Å²) in [5.74, 6) is -0.699. The van der Waals surface area contributed by atoms with Gasteiger partial charge in [-0.15, -0.1) is 0 Å². The highest BCUT2D eigenvalue weighted by Crippen LogP contribution is 2.25. The number of esters is 1. The van der Waals surface area contributed by atoms with Gasteiger partial charge in [0.2, 0.25) is 0 Å². The fraction of sp³-hybridized carbons (Fsp3) is 0.348. The molecule has 0 aliphatic heterocycles. The molecular weight excluding hydrogens is 370 g/mol. The summed E-state index contributed by atoms with van der Waals surface area (Å²) in [5.41, 5.74) is 3.52. The molecule has 3 rings (SSSR count). The van der Waals surface area contributed by atoms with Crippen molar-refractivity contribution in [3.8, 4) is 5.75 Å². The van der Waals surface area contributed by atoms with Crippen LogP contribution in [0.15, 0.2) is 48.5 Å². The second-order valence-electron chi connectivity index (χ2n) is 7.15. The number of benzene rings is 2. The zero-order valence-corrected chi connectivity index (χ0v) is 16.5. The largest absolute Gasteiger partial charge is 0.482 e. The van der Waals surface area contributed by atoms with Gasteiger partial charge in [-0.3, -0.25) is 9.59 Å². The third kappa shape index (κ3) is 6.17. The molecule has 1 N–H and O–H groups in total. The van der Waals surface area contributed by atoms with Crippen LogP contribution < -0.4 is 10.1 Å². The molecule has 29 heavy (non-hydrogen) atoms. The smallest absolute Gasteiger partial charge is 0.344 e. The fourth-order valence-electron chi connectivity index (χ4n) is 3.35. The summed E-state index contributed by atoms with van der Waals surface area (Å²) in [6.07, 6.45) is 3.63. The van der Waals surface area contributed by atoms with Gasteiger partial charge < -0.3 is 14.8 Å². The molecule has 1 amide bonds. The van der Waals surface area contributed by atoms with E-state index in [2.05, 4.69) is 5.32 Å². The summed E-state index contributed by atoms with van der Waals surface area (Å²) in [6.45, 7) is 0.696. The van der Waals surface area contributed by atoms with E-state index < -0.39 is 24.5 Å². The second-order valence-corrected chi connectivity index (χ2v) is 7.15. The second kappa shape index (κ2) is 9.87. The van der Waals surface area contributed by atoms with E-state index in [1.165, 1.54) is 18.1 Å². The topological polar surface area (TPSA) is 81.7 Å². The van der Waals surface area contributed by atoms with E-state index in [9.17, 15) is 14.4 Å². The minimum atomic E-state index is -0.661. The number of carbonyl (C=O) groups excluding carboxylic acids is 3. The molecule has 0 unspecified atom stereocenters. The van der Waals surface area contributed by atoms with Crippen LogP contribution in [0.3, 0.4) is 0 Å². The first-order valence-corrected chi connectivity index (χ1v) is 9.75.